The van der Waals surface area contributed by atoms with E-state index in [4.69, 9.17) is 9.47 Å². The van der Waals surface area contributed by atoms with Crippen LogP contribution < -0.4 is 4.74 Å². The fourth-order valence-corrected chi connectivity index (χ4v) is 2.27. The second-order valence-electron chi connectivity index (χ2n) is 5.12. The van der Waals surface area contributed by atoms with Crippen LogP contribution in [0, 0.1) is 6.92 Å². The van der Waals surface area contributed by atoms with Gasteiger partial charge in [0.05, 0.1) is 24.1 Å². The van der Waals surface area contributed by atoms with Crippen molar-refractivity contribution >= 4 is 0 Å². The molecule has 112 valence electrons. The number of para-hydroxylation sites is 1. The summed E-state index contributed by atoms with van der Waals surface area (Å²) >= 11 is 0. The first-order valence-electron chi connectivity index (χ1n) is 6.90. The molecule has 1 aromatic heterocycles. The van der Waals surface area contributed by atoms with Crippen LogP contribution in [-0.4, -0.2) is 45.1 Å². The van der Waals surface area contributed by atoms with E-state index >= 15 is 0 Å². The molecule has 3 rings (SSSR count). The molecule has 0 bridgehead atoms. The summed E-state index contributed by atoms with van der Waals surface area (Å²) in [5, 5.41) is 23.5. The summed E-state index contributed by atoms with van der Waals surface area (Å²) in [4.78, 5) is 0. The van der Waals surface area contributed by atoms with Crippen molar-refractivity contribution in [3.8, 4) is 11.6 Å². The fourth-order valence-electron chi connectivity index (χ4n) is 2.27. The quantitative estimate of drug-likeness (QED) is 0.883. The van der Waals surface area contributed by atoms with Crippen molar-refractivity contribution in [1.82, 2.24) is 9.78 Å². The minimum atomic E-state index is -0.856. The minimum absolute atomic E-state index is 0.0598. The Morgan fingerprint density at radius 1 is 1.24 bits per heavy atom. The Balaban J connectivity index is 1.80. The number of aryl methyl sites for hydroxylation is 1. The largest absolute Gasteiger partial charge is 0.448 e. The number of aliphatic hydroxyl groups is 2. The van der Waals surface area contributed by atoms with Crippen LogP contribution in [0.5, 0.6) is 5.88 Å². The van der Waals surface area contributed by atoms with Gasteiger partial charge in [-0.2, -0.15) is 5.10 Å². The normalized spacial score (nSPS) is 25.8. The molecule has 21 heavy (non-hydrogen) atoms. The monoisotopic (exact) mass is 290 g/mol. The van der Waals surface area contributed by atoms with Crippen molar-refractivity contribution in [3.05, 3.63) is 42.1 Å². The third kappa shape index (κ3) is 3.07. The van der Waals surface area contributed by atoms with Crippen LogP contribution in [0.2, 0.25) is 0 Å². The van der Waals surface area contributed by atoms with Crippen molar-refractivity contribution in [1.29, 1.82) is 0 Å². The molecule has 3 atom stereocenters. The molecule has 6 nitrogen and oxygen atoms in total. The Bertz CT molecular complexity index is 599. The van der Waals surface area contributed by atoms with Crippen molar-refractivity contribution in [2.75, 3.05) is 6.61 Å². The van der Waals surface area contributed by atoms with Crippen LogP contribution in [-0.2, 0) is 4.74 Å². The molecule has 0 spiro atoms. The van der Waals surface area contributed by atoms with E-state index in [1.807, 2.05) is 43.3 Å². The summed E-state index contributed by atoms with van der Waals surface area (Å²) in [5.41, 5.74) is 1.71. The summed E-state index contributed by atoms with van der Waals surface area (Å²) in [7, 11) is 0. The highest BCUT2D eigenvalue weighted by molar-refractivity contribution is 5.35. The van der Waals surface area contributed by atoms with Crippen LogP contribution >= 0.6 is 0 Å². The minimum Gasteiger partial charge on any atom is -0.448 e. The number of rotatable bonds is 3. The van der Waals surface area contributed by atoms with E-state index in [-0.39, 0.29) is 13.0 Å². The van der Waals surface area contributed by atoms with E-state index in [1.54, 1.807) is 4.68 Å². The second-order valence-corrected chi connectivity index (χ2v) is 5.12. The third-order valence-corrected chi connectivity index (χ3v) is 3.38. The maximum absolute atomic E-state index is 9.69. The highest BCUT2D eigenvalue weighted by atomic mass is 16.7. The van der Waals surface area contributed by atoms with Crippen molar-refractivity contribution < 1.29 is 19.7 Å². The number of benzene rings is 1. The molecule has 0 aliphatic carbocycles. The van der Waals surface area contributed by atoms with Crippen molar-refractivity contribution in [2.45, 2.75) is 31.8 Å². The van der Waals surface area contributed by atoms with Crippen LogP contribution in [0.25, 0.3) is 5.69 Å². The number of hydrogen-bond donors (Lipinski definition) is 2. The van der Waals surface area contributed by atoms with Gasteiger partial charge in [0.25, 0.3) is 0 Å². The van der Waals surface area contributed by atoms with Gasteiger partial charge in [-0.1, -0.05) is 18.2 Å². The molecule has 2 unspecified atom stereocenters. The SMILES string of the molecule is Cc1cc(OC2CC(O)[C@H](O)CO2)n(-c2ccccc2)n1. The second kappa shape index (κ2) is 5.85. The van der Waals surface area contributed by atoms with Gasteiger partial charge in [0.1, 0.15) is 6.10 Å². The summed E-state index contributed by atoms with van der Waals surface area (Å²) in [6.45, 7) is 1.94. The number of hydrogen-bond acceptors (Lipinski definition) is 5. The Labute approximate surface area is 122 Å². The van der Waals surface area contributed by atoms with Crippen LogP contribution in [0.3, 0.4) is 0 Å². The summed E-state index contributed by atoms with van der Waals surface area (Å²) < 4.78 is 12.9. The summed E-state index contributed by atoms with van der Waals surface area (Å²) in [5.74, 6) is 0.548. The first kappa shape index (κ1) is 14.1. The van der Waals surface area contributed by atoms with Gasteiger partial charge in [0.15, 0.2) is 0 Å². The van der Waals surface area contributed by atoms with Crippen LogP contribution in [0.4, 0.5) is 0 Å². The maximum atomic E-state index is 9.69. The molecular formula is C15H18N2O4. The van der Waals surface area contributed by atoms with Gasteiger partial charge in [-0.3, -0.25) is 0 Å². The molecule has 2 aromatic rings. The number of aromatic nitrogens is 2. The molecule has 0 amide bonds. The molecule has 1 aromatic carbocycles. The molecule has 6 heteroatoms. The predicted octanol–water partition coefficient (Wildman–Crippen LogP) is 1.03. The van der Waals surface area contributed by atoms with E-state index in [0.29, 0.717) is 5.88 Å². The van der Waals surface area contributed by atoms with E-state index in [9.17, 15) is 10.2 Å². The van der Waals surface area contributed by atoms with Gasteiger partial charge >= 0.3 is 0 Å². The zero-order chi connectivity index (χ0) is 14.8. The van der Waals surface area contributed by atoms with E-state index in [1.165, 1.54) is 0 Å². The molecule has 1 aliphatic heterocycles. The average molecular weight is 290 g/mol. The third-order valence-electron chi connectivity index (χ3n) is 3.38. The zero-order valence-electron chi connectivity index (χ0n) is 11.7. The molecular weight excluding hydrogens is 272 g/mol. The van der Waals surface area contributed by atoms with Crippen LogP contribution in [0.1, 0.15) is 12.1 Å². The van der Waals surface area contributed by atoms with Crippen molar-refractivity contribution in [3.63, 3.8) is 0 Å². The molecule has 1 saturated heterocycles. The lowest BCUT2D eigenvalue weighted by atomic mass is 10.1. The van der Waals surface area contributed by atoms with E-state index in [0.717, 1.165) is 11.4 Å². The Morgan fingerprint density at radius 2 is 2.00 bits per heavy atom. The van der Waals surface area contributed by atoms with Gasteiger partial charge < -0.3 is 19.7 Å². The highest BCUT2D eigenvalue weighted by Crippen LogP contribution is 2.23. The summed E-state index contributed by atoms with van der Waals surface area (Å²) in [6.07, 6.45) is -2.06. The highest BCUT2D eigenvalue weighted by Gasteiger charge is 2.30. The first-order chi connectivity index (χ1) is 10.1. The Kier molecular flexibility index (Phi) is 3.92. The molecule has 0 radical (unpaired) electrons. The molecule has 1 fully saturated rings. The van der Waals surface area contributed by atoms with Crippen molar-refractivity contribution in [2.24, 2.45) is 0 Å². The Hall–Kier alpha value is -1.89. The average Bonchev–Trinajstić information content (AvgIpc) is 2.85. The Morgan fingerprint density at radius 3 is 2.71 bits per heavy atom. The van der Waals surface area contributed by atoms with Crippen LogP contribution in [0.15, 0.2) is 36.4 Å². The summed E-state index contributed by atoms with van der Waals surface area (Å²) in [6, 6.07) is 11.5. The van der Waals surface area contributed by atoms with Gasteiger partial charge in [-0.25, -0.2) is 4.68 Å². The molecule has 2 N–H and O–H groups in total. The van der Waals surface area contributed by atoms with Gasteiger partial charge in [-0.15, -0.1) is 0 Å². The number of ether oxygens (including phenoxy) is 2. The zero-order valence-corrected chi connectivity index (χ0v) is 11.7. The van der Waals surface area contributed by atoms with Gasteiger partial charge in [-0.05, 0) is 19.1 Å². The lowest BCUT2D eigenvalue weighted by Gasteiger charge is -2.30. The molecule has 2 heterocycles. The lowest BCUT2D eigenvalue weighted by Crippen LogP contribution is -2.43. The smallest absolute Gasteiger partial charge is 0.219 e. The predicted molar refractivity (Wildman–Crippen MR) is 75.3 cm³/mol. The fraction of sp³-hybridized carbons (Fsp3) is 0.400. The van der Waals surface area contributed by atoms with E-state index in [2.05, 4.69) is 5.10 Å². The number of aliphatic hydroxyl groups excluding tert-OH is 2. The molecule has 1 aliphatic rings. The lowest BCUT2D eigenvalue weighted by molar-refractivity contribution is -0.183. The first-order valence-corrected chi connectivity index (χ1v) is 6.90. The number of nitrogens with zero attached hydrogens (tertiary/aromatic N) is 2. The molecule has 0 saturated carbocycles. The maximum Gasteiger partial charge on any atom is 0.219 e. The van der Waals surface area contributed by atoms with Gasteiger partial charge in [0.2, 0.25) is 12.2 Å². The van der Waals surface area contributed by atoms with E-state index < -0.39 is 18.5 Å². The van der Waals surface area contributed by atoms with Gasteiger partial charge in [0, 0.05) is 12.5 Å². The topological polar surface area (TPSA) is 76.7 Å². The standard InChI is InChI=1S/C15H18N2O4/c1-10-7-14(17(16-10)11-5-3-2-4-6-11)21-15-8-12(18)13(19)9-20-15/h2-7,12-13,15,18-19H,8-9H2,1H3/t12?,13-,15?/m1/s1.